The van der Waals surface area contributed by atoms with E-state index in [0.29, 0.717) is 12.0 Å². The van der Waals surface area contributed by atoms with Crippen molar-refractivity contribution in [3.63, 3.8) is 0 Å². The van der Waals surface area contributed by atoms with Crippen LogP contribution in [0.2, 0.25) is 0 Å². The van der Waals surface area contributed by atoms with Gasteiger partial charge < -0.3 is 10.1 Å². The van der Waals surface area contributed by atoms with E-state index in [-0.39, 0.29) is 0 Å². The van der Waals surface area contributed by atoms with Crippen LogP contribution in [-0.4, -0.2) is 20.3 Å². The summed E-state index contributed by atoms with van der Waals surface area (Å²) in [6, 6.07) is 9.20. The molecule has 1 aromatic carbocycles. The lowest BCUT2D eigenvalue weighted by Crippen LogP contribution is -2.28. The first-order chi connectivity index (χ1) is 8.69. The summed E-state index contributed by atoms with van der Waals surface area (Å²) in [5.74, 6) is 0.578. The quantitative estimate of drug-likeness (QED) is 0.707. The van der Waals surface area contributed by atoms with Gasteiger partial charge >= 0.3 is 0 Å². The maximum absolute atomic E-state index is 5.20. The molecule has 0 spiro atoms. The van der Waals surface area contributed by atoms with E-state index in [0.717, 1.165) is 26.0 Å². The van der Waals surface area contributed by atoms with Crippen LogP contribution in [0.5, 0.6) is 0 Å². The largest absolute Gasteiger partial charge is 0.385 e. The van der Waals surface area contributed by atoms with Crippen molar-refractivity contribution in [1.82, 2.24) is 5.32 Å². The van der Waals surface area contributed by atoms with Gasteiger partial charge in [0.05, 0.1) is 0 Å². The van der Waals surface area contributed by atoms with Gasteiger partial charge in [-0.3, -0.25) is 0 Å². The molecule has 0 aromatic heterocycles. The second kappa shape index (κ2) is 8.88. The summed E-state index contributed by atoms with van der Waals surface area (Å²) in [5.41, 5.74) is 1.39. The van der Waals surface area contributed by atoms with Gasteiger partial charge in [-0.25, -0.2) is 0 Å². The van der Waals surface area contributed by atoms with Crippen molar-refractivity contribution in [3.8, 4) is 0 Å². The highest BCUT2D eigenvalue weighted by Gasteiger charge is 2.18. The van der Waals surface area contributed by atoms with Crippen LogP contribution in [0.25, 0.3) is 0 Å². The molecule has 2 unspecified atom stereocenters. The lowest BCUT2D eigenvalue weighted by atomic mass is 9.92. The Morgan fingerprint density at radius 1 is 1.39 bits per heavy atom. The van der Waals surface area contributed by atoms with Crippen molar-refractivity contribution in [2.45, 2.75) is 32.7 Å². The summed E-state index contributed by atoms with van der Waals surface area (Å²) in [6.45, 7) is 6.40. The SMILES string of the molecule is CCCNC(c1cccc(I)c1)C(C)CCOC. The number of rotatable bonds is 8. The topological polar surface area (TPSA) is 21.3 Å². The normalized spacial score (nSPS) is 14.4. The average molecular weight is 361 g/mol. The molecule has 0 aliphatic rings. The lowest BCUT2D eigenvalue weighted by Gasteiger charge is -2.26. The second-order valence-corrected chi connectivity index (χ2v) is 5.99. The molecule has 0 aliphatic carbocycles. The maximum Gasteiger partial charge on any atom is 0.0465 e. The molecule has 0 saturated heterocycles. The molecule has 0 saturated carbocycles. The highest BCUT2D eigenvalue weighted by Crippen LogP contribution is 2.25. The first-order valence-corrected chi connectivity index (χ1v) is 7.74. The minimum Gasteiger partial charge on any atom is -0.385 e. The van der Waals surface area contributed by atoms with E-state index in [4.69, 9.17) is 4.74 Å². The van der Waals surface area contributed by atoms with Crippen LogP contribution in [0.4, 0.5) is 0 Å². The molecule has 0 radical (unpaired) electrons. The molecule has 3 heteroatoms. The highest BCUT2D eigenvalue weighted by atomic mass is 127. The summed E-state index contributed by atoms with van der Waals surface area (Å²) < 4.78 is 6.50. The zero-order valence-electron chi connectivity index (χ0n) is 11.6. The van der Waals surface area contributed by atoms with Crippen molar-refractivity contribution >= 4 is 22.6 Å². The molecular formula is C15H24INO. The van der Waals surface area contributed by atoms with Crippen LogP contribution in [0.3, 0.4) is 0 Å². The summed E-state index contributed by atoms with van der Waals surface area (Å²) in [5, 5.41) is 3.66. The molecule has 1 aromatic rings. The fourth-order valence-corrected chi connectivity index (χ4v) is 2.69. The third kappa shape index (κ3) is 5.24. The molecular weight excluding hydrogens is 337 g/mol. The fraction of sp³-hybridized carbons (Fsp3) is 0.600. The van der Waals surface area contributed by atoms with Crippen LogP contribution in [-0.2, 0) is 4.74 Å². The first-order valence-electron chi connectivity index (χ1n) is 6.66. The van der Waals surface area contributed by atoms with Gasteiger partial charge in [0.25, 0.3) is 0 Å². The Morgan fingerprint density at radius 2 is 2.17 bits per heavy atom. The molecule has 18 heavy (non-hydrogen) atoms. The van der Waals surface area contributed by atoms with Crippen molar-refractivity contribution in [2.24, 2.45) is 5.92 Å². The van der Waals surface area contributed by atoms with Gasteiger partial charge in [0.15, 0.2) is 0 Å². The Hall–Kier alpha value is -0.130. The Labute approximate surface area is 125 Å². The third-order valence-corrected chi connectivity index (χ3v) is 3.84. The molecule has 1 N–H and O–H groups in total. The van der Waals surface area contributed by atoms with E-state index < -0.39 is 0 Å². The van der Waals surface area contributed by atoms with Crippen molar-refractivity contribution in [2.75, 3.05) is 20.3 Å². The number of halogens is 1. The third-order valence-electron chi connectivity index (χ3n) is 3.17. The van der Waals surface area contributed by atoms with Gasteiger partial charge in [0.1, 0.15) is 0 Å². The molecule has 0 bridgehead atoms. The van der Waals surface area contributed by atoms with Gasteiger partial charge in [-0.05, 0) is 65.6 Å². The fourth-order valence-electron chi connectivity index (χ4n) is 2.12. The predicted molar refractivity (Wildman–Crippen MR) is 85.9 cm³/mol. The minimum atomic E-state index is 0.426. The van der Waals surface area contributed by atoms with Crippen molar-refractivity contribution in [3.05, 3.63) is 33.4 Å². The summed E-state index contributed by atoms with van der Waals surface area (Å²) >= 11 is 2.38. The second-order valence-electron chi connectivity index (χ2n) is 4.75. The van der Waals surface area contributed by atoms with Crippen LogP contribution < -0.4 is 5.32 Å². The number of ether oxygens (including phenoxy) is 1. The van der Waals surface area contributed by atoms with Crippen molar-refractivity contribution in [1.29, 1.82) is 0 Å². The Balaban J connectivity index is 2.76. The molecule has 0 aliphatic heterocycles. The summed E-state index contributed by atoms with van der Waals surface area (Å²) in [7, 11) is 1.77. The summed E-state index contributed by atoms with van der Waals surface area (Å²) in [6.07, 6.45) is 2.25. The predicted octanol–water partition coefficient (Wildman–Crippen LogP) is 4.00. The van der Waals surface area contributed by atoms with E-state index in [1.165, 1.54) is 9.13 Å². The van der Waals surface area contributed by atoms with E-state index in [9.17, 15) is 0 Å². The first kappa shape index (κ1) is 15.9. The van der Waals surface area contributed by atoms with Crippen LogP contribution in [0.1, 0.15) is 38.3 Å². The highest BCUT2D eigenvalue weighted by molar-refractivity contribution is 14.1. The van der Waals surface area contributed by atoms with E-state index in [1.807, 2.05) is 0 Å². The molecule has 2 atom stereocenters. The number of nitrogens with one attached hydrogen (secondary N) is 1. The van der Waals surface area contributed by atoms with Gasteiger partial charge in [-0.15, -0.1) is 0 Å². The minimum absolute atomic E-state index is 0.426. The molecule has 2 nitrogen and oxygen atoms in total. The molecule has 1 rings (SSSR count). The monoisotopic (exact) mass is 361 g/mol. The molecule has 0 heterocycles. The van der Waals surface area contributed by atoms with Crippen molar-refractivity contribution < 1.29 is 4.74 Å². The number of hydrogen-bond donors (Lipinski definition) is 1. The van der Waals surface area contributed by atoms with Gasteiger partial charge in [0.2, 0.25) is 0 Å². The number of hydrogen-bond acceptors (Lipinski definition) is 2. The zero-order chi connectivity index (χ0) is 13.4. The zero-order valence-corrected chi connectivity index (χ0v) is 13.7. The average Bonchev–Trinajstić information content (AvgIpc) is 2.37. The Morgan fingerprint density at radius 3 is 2.78 bits per heavy atom. The Kier molecular flexibility index (Phi) is 7.86. The van der Waals surface area contributed by atoms with Gasteiger partial charge in [-0.2, -0.15) is 0 Å². The molecule has 0 fully saturated rings. The number of methoxy groups -OCH3 is 1. The summed E-state index contributed by atoms with van der Waals surface area (Å²) in [4.78, 5) is 0. The van der Waals surface area contributed by atoms with Crippen LogP contribution in [0.15, 0.2) is 24.3 Å². The smallest absolute Gasteiger partial charge is 0.0465 e. The van der Waals surface area contributed by atoms with E-state index in [1.54, 1.807) is 7.11 Å². The van der Waals surface area contributed by atoms with Crippen LogP contribution >= 0.6 is 22.6 Å². The lowest BCUT2D eigenvalue weighted by molar-refractivity contribution is 0.170. The van der Waals surface area contributed by atoms with Crippen LogP contribution in [0, 0.1) is 9.49 Å². The van der Waals surface area contributed by atoms with Gasteiger partial charge in [-0.1, -0.05) is 26.0 Å². The molecule has 0 amide bonds. The van der Waals surface area contributed by atoms with E-state index >= 15 is 0 Å². The van der Waals surface area contributed by atoms with E-state index in [2.05, 4.69) is 66.0 Å². The standard InChI is InChI=1S/C15H24INO/c1-4-9-17-15(12(2)8-10-18-3)13-6-5-7-14(16)11-13/h5-7,11-12,15,17H,4,8-10H2,1-3H3. The maximum atomic E-state index is 5.20. The molecule has 102 valence electrons. The number of benzene rings is 1. The van der Waals surface area contributed by atoms with Gasteiger partial charge in [0, 0.05) is 23.3 Å². The Bertz CT molecular complexity index is 343.